The molecule has 3 aromatic rings. The van der Waals surface area contributed by atoms with Crippen molar-refractivity contribution in [2.75, 3.05) is 18.4 Å². The van der Waals surface area contributed by atoms with Gasteiger partial charge in [-0.15, -0.1) is 0 Å². The Hall–Kier alpha value is -2.64. The predicted octanol–water partition coefficient (Wildman–Crippen LogP) is 4.34. The lowest BCUT2D eigenvalue weighted by atomic mass is 10.0. The summed E-state index contributed by atoms with van der Waals surface area (Å²) in [5.74, 6) is 0. The Labute approximate surface area is 177 Å². The second kappa shape index (κ2) is 8.80. The van der Waals surface area contributed by atoms with Crippen molar-refractivity contribution < 1.29 is 9.21 Å². The maximum atomic E-state index is 12.2. The Morgan fingerprint density at radius 2 is 1.86 bits per heavy atom. The first kappa shape index (κ1) is 19.7. The van der Waals surface area contributed by atoms with Gasteiger partial charge in [0.05, 0.1) is 0 Å². The van der Waals surface area contributed by atoms with Gasteiger partial charge in [0, 0.05) is 47.3 Å². The number of piperidine rings is 1. The number of urea groups is 1. The second-order valence-corrected chi connectivity index (χ2v) is 8.16. The van der Waals surface area contributed by atoms with Gasteiger partial charge in [-0.1, -0.05) is 34.1 Å². The molecule has 1 aromatic heterocycles. The topological polar surface area (TPSA) is 74.6 Å². The minimum atomic E-state index is -0.334. The normalized spacial score (nSPS) is 15.3. The van der Waals surface area contributed by atoms with Gasteiger partial charge in [-0.2, -0.15) is 0 Å². The third-order valence-corrected chi connectivity index (χ3v) is 5.63. The monoisotopic (exact) mass is 455 g/mol. The number of carbonyl (C=O) groups is 1. The van der Waals surface area contributed by atoms with Crippen molar-refractivity contribution in [3.8, 4) is 0 Å². The first-order chi connectivity index (χ1) is 14.1. The van der Waals surface area contributed by atoms with Gasteiger partial charge in [0.2, 0.25) is 0 Å². The minimum absolute atomic E-state index is 0.142. The lowest BCUT2D eigenvalue weighted by molar-refractivity contribution is 0.190. The summed E-state index contributed by atoms with van der Waals surface area (Å²) in [5.41, 5.74) is 2.01. The molecule has 2 amide bonds. The number of para-hydroxylation sites is 1. The van der Waals surface area contributed by atoms with Crippen LogP contribution in [0.3, 0.4) is 0 Å². The molecule has 0 bridgehead atoms. The molecule has 7 heteroatoms. The van der Waals surface area contributed by atoms with E-state index in [-0.39, 0.29) is 17.7 Å². The quantitative estimate of drug-likeness (QED) is 0.573. The molecule has 1 saturated heterocycles. The van der Waals surface area contributed by atoms with Gasteiger partial charge in [0.25, 0.3) is 0 Å². The molecule has 1 fully saturated rings. The summed E-state index contributed by atoms with van der Waals surface area (Å²) in [4.78, 5) is 26.4. The maximum absolute atomic E-state index is 12.2. The van der Waals surface area contributed by atoms with E-state index in [1.807, 2.05) is 48.5 Å². The number of hydrogen-bond acceptors (Lipinski definition) is 4. The summed E-state index contributed by atoms with van der Waals surface area (Å²) >= 11 is 3.41. The van der Waals surface area contributed by atoms with Crippen molar-refractivity contribution in [1.82, 2.24) is 10.2 Å². The summed E-state index contributed by atoms with van der Waals surface area (Å²) in [5, 5.41) is 6.86. The third kappa shape index (κ3) is 5.05. The van der Waals surface area contributed by atoms with Gasteiger partial charge in [0.15, 0.2) is 0 Å². The smallest absolute Gasteiger partial charge is 0.336 e. The van der Waals surface area contributed by atoms with Gasteiger partial charge >= 0.3 is 11.7 Å². The molecule has 2 heterocycles. The molecular formula is C22H22BrN3O3. The summed E-state index contributed by atoms with van der Waals surface area (Å²) in [6, 6.07) is 16.7. The van der Waals surface area contributed by atoms with Crippen molar-refractivity contribution in [3.05, 3.63) is 75.1 Å². The van der Waals surface area contributed by atoms with E-state index in [1.165, 1.54) is 0 Å². The van der Waals surface area contributed by atoms with E-state index in [0.717, 1.165) is 47.0 Å². The molecule has 1 aliphatic heterocycles. The third-order valence-electron chi connectivity index (χ3n) is 5.14. The van der Waals surface area contributed by atoms with Gasteiger partial charge in [-0.3, -0.25) is 4.90 Å². The Balaban J connectivity index is 1.34. The van der Waals surface area contributed by atoms with Crippen LogP contribution in [0.4, 0.5) is 10.5 Å². The highest BCUT2D eigenvalue weighted by Gasteiger charge is 2.21. The van der Waals surface area contributed by atoms with Crippen LogP contribution in [0.2, 0.25) is 0 Å². The number of halogens is 1. The van der Waals surface area contributed by atoms with Gasteiger partial charge in [-0.05, 0) is 48.7 Å². The van der Waals surface area contributed by atoms with E-state index in [4.69, 9.17) is 4.42 Å². The summed E-state index contributed by atoms with van der Waals surface area (Å²) in [7, 11) is 0. The fourth-order valence-corrected chi connectivity index (χ4v) is 4.03. The van der Waals surface area contributed by atoms with Gasteiger partial charge in [-0.25, -0.2) is 9.59 Å². The Kier molecular flexibility index (Phi) is 5.97. The van der Waals surface area contributed by atoms with Crippen LogP contribution in [0.25, 0.3) is 11.0 Å². The van der Waals surface area contributed by atoms with Crippen LogP contribution in [-0.2, 0) is 6.54 Å². The number of anilines is 1. The number of nitrogens with one attached hydrogen (secondary N) is 2. The van der Waals surface area contributed by atoms with Crippen molar-refractivity contribution in [1.29, 1.82) is 0 Å². The number of fused-ring (bicyclic) bond motifs is 1. The standard InChI is InChI=1S/C22H22BrN3O3/c23-16-6-7-19-15(12-21(27)29-20(19)13-16)14-26-10-8-18(9-11-26)25-22(28)24-17-4-2-1-3-5-17/h1-7,12-13,18H,8-11,14H2,(H2,24,25,28). The van der Waals surface area contributed by atoms with Gasteiger partial charge in [0.1, 0.15) is 5.58 Å². The molecule has 0 aliphatic carbocycles. The van der Waals surface area contributed by atoms with Crippen molar-refractivity contribution in [3.63, 3.8) is 0 Å². The first-order valence-electron chi connectivity index (χ1n) is 9.64. The average Bonchev–Trinajstić information content (AvgIpc) is 2.69. The van der Waals surface area contributed by atoms with E-state index in [1.54, 1.807) is 6.07 Å². The fourth-order valence-electron chi connectivity index (χ4n) is 3.68. The van der Waals surface area contributed by atoms with Crippen molar-refractivity contribution in [2.24, 2.45) is 0 Å². The maximum Gasteiger partial charge on any atom is 0.336 e. The van der Waals surface area contributed by atoms with Crippen molar-refractivity contribution in [2.45, 2.75) is 25.4 Å². The Bertz CT molecular complexity index is 1060. The highest BCUT2D eigenvalue weighted by atomic mass is 79.9. The zero-order chi connectivity index (χ0) is 20.2. The zero-order valence-electron chi connectivity index (χ0n) is 15.9. The molecule has 0 radical (unpaired) electrons. The van der Waals surface area contributed by atoms with Crippen LogP contribution in [0.15, 0.2) is 68.3 Å². The summed E-state index contributed by atoms with van der Waals surface area (Å²) in [6.07, 6.45) is 1.74. The number of rotatable bonds is 4. The van der Waals surface area contributed by atoms with Gasteiger partial charge < -0.3 is 15.1 Å². The molecule has 2 N–H and O–H groups in total. The van der Waals surface area contributed by atoms with Crippen LogP contribution in [0.5, 0.6) is 0 Å². The number of nitrogens with zero attached hydrogens (tertiary/aromatic N) is 1. The summed E-state index contributed by atoms with van der Waals surface area (Å²) < 4.78 is 6.20. The van der Waals surface area contributed by atoms with Crippen LogP contribution < -0.4 is 16.3 Å². The van der Waals surface area contributed by atoms with Crippen LogP contribution in [0.1, 0.15) is 18.4 Å². The molecule has 29 heavy (non-hydrogen) atoms. The highest BCUT2D eigenvalue weighted by molar-refractivity contribution is 9.10. The fraction of sp³-hybridized carbons (Fsp3) is 0.273. The number of likely N-dealkylation sites (tertiary alicyclic amines) is 1. The molecule has 0 unspecified atom stereocenters. The molecule has 6 nitrogen and oxygen atoms in total. The lowest BCUT2D eigenvalue weighted by Crippen LogP contribution is -2.45. The zero-order valence-corrected chi connectivity index (χ0v) is 17.4. The number of carbonyl (C=O) groups excluding carboxylic acids is 1. The molecule has 2 aromatic carbocycles. The van der Waals surface area contributed by atoms with Crippen LogP contribution in [0, 0.1) is 0 Å². The average molecular weight is 456 g/mol. The first-order valence-corrected chi connectivity index (χ1v) is 10.4. The predicted molar refractivity (Wildman–Crippen MR) is 117 cm³/mol. The molecule has 0 atom stereocenters. The molecule has 1 aliphatic rings. The molecule has 150 valence electrons. The summed E-state index contributed by atoms with van der Waals surface area (Å²) in [6.45, 7) is 2.40. The highest BCUT2D eigenvalue weighted by Crippen LogP contribution is 2.23. The SMILES string of the molecule is O=C(Nc1ccccc1)NC1CCN(Cc2cc(=O)oc3cc(Br)ccc23)CC1. The van der Waals surface area contributed by atoms with E-state index in [0.29, 0.717) is 12.1 Å². The number of hydrogen-bond donors (Lipinski definition) is 2. The van der Waals surface area contributed by atoms with Crippen LogP contribution in [-0.4, -0.2) is 30.1 Å². The van der Waals surface area contributed by atoms with Crippen LogP contribution >= 0.6 is 15.9 Å². The minimum Gasteiger partial charge on any atom is -0.423 e. The Morgan fingerprint density at radius 1 is 1.10 bits per heavy atom. The van der Waals surface area contributed by atoms with E-state index >= 15 is 0 Å². The Morgan fingerprint density at radius 3 is 2.62 bits per heavy atom. The van der Waals surface area contributed by atoms with E-state index < -0.39 is 0 Å². The van der Waals surface area contributed by atoms with E-state index in [2.05, 4.69) is 31.5 Å². The number of benzene rings is 2. The largest absolute Gasteiger partial charge is 0.423 e. The van der Waals surface area contributed by atoms with E-state index in [9.17, 15) is 9.59 Å². The molecule has 4 rings (SSSR count). The number of amides is 2. The van der Waals surface area contributed by atoms with Crippen molar-refractivity contribution >= 4 is 38.6 Å². The second-order valence-electron chi connectivity index (χ2n) is 7.25. The molecular weight excluding hydrogens is 434 g/mol. The lowest BCUT2D eigenvalue weighted by Gasteiger charge is -2.32. The molecule has 0 saturated carbocycles. The molecule has 0 spiro atoms.